The van der Waals surface area contributed by atoms with E-state index in [2.05, 4.69) is 17.3 Å². The van der Waals surface area contributed by atoms with Crippen molar-refractivity contribution in [1.82, 2.24) is 4.90 Å². The Morgan fingerprint density at radius 3 is 2.75 bits per heavy atom. The molecule has 1 aliphatic rings. The molecule has 1 saturated heterocycles. The molecule has 0 amide bonds. The fourth-order valence-electron chi connectivity index (χ4n) is 2.46. The summed E-state index contributed by atoms with van der Waals surface area (Å²) < 4.78 is 5.03. The molecule has 0 aliphatic carbocycles. The molecule has 0 saturated carbocycles. The predicted octanol–water partition coefficient (Wildman–Crippen LogP) is 2.36. The number of likely N-dealkylation sites (tertiary alicyclic amines) is 1. The number of benzene rings is 1. The van der Waals surface area contributed by atoms with Gasteiger partial charge in [0.2, 0.25) is 0 Å². The summed E-state index contributed by atoms with van der Waals surface area (Å²) in [5, 5.41) is 14.3. The van der Waals surface area contributed by atoms with Crippen molar-refractivity contribution in [3.05, 3.63) is 28.3 Å². The summed E-state index contributed by atoms with van der Waals surface area (Å²) in [7, 11) is 3.63. The van der Waals surface area contributed by atoms with E-state index in [-0.39, 0.29) is 10.6 Å². The fraction of sp³-hybridized carbons (Fsp3) is 0.571. The molecule has 0 radical (unpaired) electrons. The van der Waals surface area contributed by atoms with Crippen LogP contribution in [0.4, 0.5) is 11.4 Å². The molecular weight excluding hydrogens is 258 g/mol. The molecule has 1 fully saturated rings. The standard InChI is InChI=1S/C14H21N3O3/c1-16-7-5-11(6-8-16)10-15-13-4-3-12(20-2)9-14(13)17(18)19/h3-4,9,11,15H,5-8,10H2,1-2H3. The summed E-state index contributed by atoms with van der Waals surface area (Å²) in [5.41, 5.74) is 0.631. The van der Waals surface area contributed by atoms with Crippen LogP contribution in [0.5, 0.6) is 5.75 Å². The molecule has 110 valence electrons. The number of hydrogen-bond donors (Lipinski definition) is 1. The largest absolute Gasteiger partial charge is 0.496 e. The van der Waals surface area contributed by atoms with Crippen LogP contribution in [0, 0.1) is 16.0 Å². The molecule has 2 rings (SSSR count). The number of piperidine rings is 1. The third-order valence-corrected chi connectivity index (χ3v) is 3.82. The van der Waals surface area contributed by atoms with Crippen molar-refractivity contribution in [2.45, 2.75) is 12.8 Å². The summed E-state index contributed by atoms with van der Waals surface area (Å²) in [6.07, 6.45) is 2.26. The monoisotopic (exact) mass is 279 g/mol. The van der Waals surface area contributed by atoms with E-state index in [4.69, 9.17) is 4.74 Å². The summed E-state index contributed by atoms with van der Waals surface area (Å²) >= 11 is 0. The molecular formula is C14H21N3O3. The van der Waals surface area contributed by atoms with Crippen LogP contribution in [-0.2, 0) is 0 Å². The lowest BCUT2D eigenvalue weighted by Gasteiger charge is -2.29. The van der Waals surface area contributed by atoms with Crippen LogP contribution in [0.2, 0.25) is 0 Å². The lowest BCUT2D eigenvalue weighted by Crippen LogP contribution is -2.33. The van der Waals surface area contributed by atoms with Crippen LogP contribution in [0.25, 0.3) is 0 Å². The first-order valence-electron chi connectivity index (χ1n) is 6.85. The highest BCUT2D eigenvalue weighted by atomic mass is 16.6. The van der Waals surface area contributed by atoms with Gasteiger partial charge in [-0.15, -0.1) is 0 Å². The van der Waals surface area contributed by atoms with Gasteiger partial charge in [0.1, 0.15) is 11.4 Å². The normalized spacial score (nSPS) is 16.9. The van der Waals surface area contributed by atoms with E-state index in [9.17, 15) is 10.1 Å². The molecule has 0 unspecified atom stereocenters. The lowest BCUT2D eigenvalue weighted by molar-refractivity contribution is -0.384. The predicted molar refractivity (Wildman–Crippen MR) is 78.4 cm³/mol. The third-order valence-electron chi connectivity index (χ3n) is 3.82. The van der Waals surface area contributed by atoms with Crippen LogP contribution in [0.1, 0.15) is 12.8 Å². The summed E-state index contributed by atoms with van der Waals surface area (Å²) in [5.74, 6) is 1.08. The summed E-state index contributed by atoms with van der Waals surface area (Å²) in [4.78, 5) is 13.0. The highest BCUT2D eigenvalue weighted by molar-refractivity contribution is 5.63. The van der Waals surface area contributed by atoms with Gasteiger partial charge >= 0.3 is 0 Å². The number of nitro groups is 1. The van der Waals surface area contributed by atoms with E-state index in [1.54, 1.807) is 12.1 Å². The maximum Gasteiger partial charge on any atom is 0.296 e. The second-order valence-corrected chi connectivity index (χ2v) is 5.27. The number of nitrogens with zero attached hydrogens (tertiary/aromatic N) is 2. The van der Waals surface area contributed by atoms with Crippen LogP contribution >= 0.6 is 0 Å². The van der Waals surface area contributed by atoms with E-state index in [1.165, 1.54) is 13.2 Å². The van der Waals surface area contributed by atoms with Crippen molar-refractivity contribution in [1.29, 1.82) is 0 Å². The van der Waals surface area contributed by atoms with Gasteiger partial charge in [0, 0.05) is 6.54 Å². The fourth-order valence-corrected chi connectivity index (χ4v) is 2.46. The van der Waals surface area contributed by atoms with Gasteiger partial charge in [0.05, 0.1) is 18.1 Å². The highest BCUT2D eigenvalue weighted by Crippen LogP contribution is 2.29. The molecule has 0 aromatic heterocycles. The van der Waals surface area contributed by atoms with E-state index >= 15 is 0 Å². The quantitative estimate of drug-likeness (QED) is 0.662. The minimum absolute atomic E-state index is 0.0669. The van der Waals surface area contributed by atoms with E-state index in [0.29, 0.717) is 17.4 Å². The van der Waals surface area contributed by atoms with Crippen molar-refractivity contribution in [2.75, 3.05) is 39.1 Å². The summed E-state index contributed by atoms with van der Waals surface area (Å²) in [6, 6.07) is 4.91. The maximum atomic E-state index is 11.1. The SMILES string of the molecule is COc1ccc(NCC2CCN(C)CC2)c([N+](=O)[O-])c1. The summed E-state index contributed by atoms with van der Waals surface area (Å²) in [6.45, 7) is 2.97. The minimum atomic E-state index is -0.375. The average Bonchev–Trinajstić information content (AvgIpc) is 2.46. The maximum absolute atomic E-state index is 11.1. The molecule has 1 N–H and O–H groups in total. The van der Waals surface area contributed by atoms with Gasteiger partial charge in [0.25, 0.3) is 5.69 Å². The van der Waals surface area contributed by atoms with Crippen LogP contribution in [0.15, 0.2) is 18.2 Å². The Balaban J connectivity index is 2.00. The first kappa shape index (κ1) is 14.6. The number of methoxy groups -OCH3 is 1. The minimum Gasteiger partial charge on any atom is -0.496 e. The zero-order valence-electron chi connectivity index (χ0n) is 12.0. The van der Waals surface area contributed by atoms with Gasteiger partial charge in [-0.1, -0.05) is 0 Å². The third kappa shape index (κ3) is 3.60. The molecule has 0 atom stereocenters. The van der Waals surface area contributed by atoms with E-state index in [1.807, 2.05) is 0 Å². The molecule has 6 heteroatoms. The van der Waals surface area contributed by atoms with Gasteiger partial charge in [-0.3, -0.25) is 10.1 Å². The molecule has 1 aliphatic heterocycles. The van der Waals surface area contributed by atoms with Gasteiger partial charge < -0.3 is 15.0 Å². The Kier molecular flexibility index (Phi) is 4.79. The van der Waals surface area contributed by atoms with Gasteiger partial charge in [0.15, 0.2) is 0 Å². The Morgan fingerprint density at radius 2 is 2.15 bits per heavy atom. The van der Waals surface area contributed by atoms with Gasteiger partial charge in [-0.05, 0) is 51.0 Å². The Labute approximate surface area is 118 Å². The molecule has 20 heavy (non-hydrogen) atoms. The van der Waals surface area contributed by atoms with E-state index in [0.717, 1.165) is 32.5 Å². The Hall–Kier alpha value is -1.82. The van der Waals surface area contributed by atoms with Crippen molar-refractivity contribution in [3.8, 4) is 5.75 Å². The number of nitrogens with one attached hydrogen (secondary N) is 1. The zero-order chi connectivity index (χ0) is 14.5. The van der Waals surface area contributed by atoms with Crippen molar-refractivity contribution < 1.29 is 9.66 Å². The van der Waals surface area contributed by atoms with Crippen molar-refractivity contribution in [2.24, 2.45) is 5.92 Å². The van der Waals surface area contributed by atoms with Crippen molar-refractivity contribution in [3.63, 3.8) is 0 Å². The van der Waals surface area contributed by atoms with Gasteiger partial charge in [-0.2, -0.15) is 0 Å². The average molecular weight is 279 g/mol. The molecule has 1 aromatic carbocycles. The number of nitro benzene ring substituents is 1. The molecule has 0 bridgehead atoms. The first-order chi connectivity index (χ1) is 9.60. The second-order valence-electron chi connectivity index (χ2n) is 5.27. The Morgan fingerprint density at radius 1 is 1.45 bits per heavy atom. The van der Waals surface area contributed by atoms with Crippen molar-refractivity contribution >= 4 is 11.4 Å². The molecule has 6 nitrogen and oxygen atoms in total. The Bertz CT molecular complexity index is 471. The zero-order valence-corrected chi connectivity index (χ0v) is 12.0. The topological polar surface area (TPSA) is 67.6 Å². The number of rotatable bonds is 5. The lowest BCUT2D eigenvalue weighted by atomic mass is 9.97. The van der Waals surface area contributed by atoms with Crippen LogP contribution in [-0.4, -0.2) is 43.6 Å². The number of anilines is 1. The van der Waals surface area contributed by atoms with Gasteiger partial charge in [-0.25, -0.2) is 0 Å². The molecule has 0 spiro atoms. The number of hydrogen-bond acceptors (Lipinski definition) is 5. The smallest absolute Gasteiger partial charge is 0.296 e. The highest BCUT2D eigenvalue weighted by Gasteiger charge is 2.19. The first-order valence-corrected chi connectivity index (χ1v) is 6.85. The van der Waals surface area contributed by atoms with Crippen LogP contribution in [0.3, 0.4) is 0 Å². The molecule has 1 heterocycles. The second kappa shape index (κ2) is 6.56. The van der Waals surface area contributed by atoms with E-state index < -0.39 is 0 Å². The van der Waals surface area contributed by atoms with Crippen LogP contribution < -0.4 is 10.1 Å². The molecule has 1 aromatic rings. The number of ether oxygens (including phenoxy) is 1.